The molecule has 0 spiro atoms. The first-order valence-electron chi connectivity index (χ1n) is 6.64. The second-order valence-electron chi connectivity index (χ2n) is 4.87. The molecule has 102 valence electrons. The molecule has 4 rings (SSSR count). The molecule has 5 nitrogen and oxygen atoms in total. The van der Waals surface area contributed by atoms with Crippen LogP contribution in [-0.4, -0.2) is 20.1 Å². The number of nitrogens with zero attached hydrogens (tertiary/aromatic N) is 3. The molecule has 0 atom stereocenters. The van der Waals surface area contributed by atoms with E-state index in [1.54, 1.807) is 6.20 Å². The molecule has 0 amide bonds. The van der Waals surface area contributed by atoms with Crippen molar-refractivity contribution in [2.45, 2.75) is 6.92 Å². The van der Waals surface area contributed by atoms with Crippen LogP contribution in [0.15, 0.2) is 53.3 Å². The third kappa shape index (κ3) is 1.99. The Kier molecular flexibility index (Phi) is 2.57. The Morgan fingerprint density at radius 1 is 1.14 bits per heavy atom. The third-order valence-corrected chi connectivity index (χ3v) is 3.45. The highest BCUT2D eigenvalue weighted by atomic mass is 16.5. The van der Waals surface area contributed by atoms with Crippen LogP contribution in [0.3, 0.4) is 0 Å². The van der Waals surface area contributed by atoms with Gasteiger partial charge in [0.25, 0.3) is 5.89 Å². The number of hydrogen-bond acceptors (Lipinski definition) is 4. The minimum absolute atomic E-state index is 0.492. The number of rotatable bonds is 2. The molecule has 0 radical (unpaired) electrons. The van der Waals surface area contributed by atoms with Crippen molar-refractivity contribution >= 4 is 10.9 Å². The molecule has 21 heavy (non-hydrogen) atoms. The highest BCUT2D eigenvalue weighted by Gasteiger charge is 2.13. The Labute approximate surface area is 120 Å². The van der Waals surface area contributed by atoms with Crippen LogP contribution in [0.1, 0.15) is 5.56 Å². The molecule has 3 heterocycles. The first kappa shape index (κ1) is 11.8. The van der Waals surface area contributed by atoms with Crippen molar-refractivity contribution in [2.24, 2.45) is 0 Å². The van der Waals surface area contributed by atoms with Crippen LogP contribution < -0.4 is 0 Å². The summed E-state index contributed by atoms with van der Waals surface area (Å²) < 4.78 is 5.37. The molecule has 0 saturated carbocycles. The van der Waals surface area contributed by atoms with Gasteiger partial charge in [0.1, 0.15) is 5.69 Å². The molecule has 1 aromatic carbocycles. The van der Waals surface area contributed by atoms with Crippen LogP contribution in [-0.2, 0) is 0 Å². The Morgan fingerprint density at radius 2 is 2.10 bits per heavy atom. The summed E-state index contributed by atoms with van der Waals surface area (Å²) in [6.07, 6.45) is 3.63. The zero-order valence-electron chi connectivity index (χ0n) is 11.4. The number of hydrogen-bond donors (Lipinski definition) is 1. The maximum Gasteiger partial charge on any atom is 0.258 e. The summed E-state index contributed by atoms with van der Waals surface area (Å²) in [5, 5.41) is 5.18. The largest absolute Gasteiger partial charge is 0.361 e. The molecule has 0 unspecified atom stereocenters. The predicted octanol–water partition coefficient (Wildman–Crippen LogP) is 3.59. The van der Waals surface area contributed by atoms with Crippen molar-refractivity contribution in [3.05, 3.63) is 54.4 Å². The first-order chi connectivity index (χ1) is 10.3. The average Bonchev–Trinajstić information content (AvgIpc) is 3.16. The van der Waals surface area contributed by atoms with E-state index in [4.69, 9.17) is 4.52 Å². The van der Waals surface area contributed by atoms with E-state index in [9.17, 15) is 0 Å². The normalized spacial score (nSPS) is 11.1. The minimum Gasteiger partial charge on any atom is -0.361 e. The lowest BCUT2D eigenvalue weighted by molar-refractivity contribution is 0.432. The van der Waals surface area contributed by atoms with E-state index in [0.717, 1.165) is 27.7 Å². The fourth-order valence-corrected chi connectivity index (χ4v) is 2.34. The van der Waals surface area contributed by atoms with Crippen LogP contribution in [0.4, 0.5) is 0 Å². The van der Waals surface area contributed by atoms with Crippen LogP contribution in [0, 0.1) is 6.92 Å². The Morgan fingerprint density at radius 3 is 3.00 bits per heavy atom. The maximum absolute atomic E-state index is 5.37. The number of pyridine rings is 1. The van der Waals surface area contributed by atoms with E-state index in [-0.39, 0.29) is 0 Å². The zero-order chi connectivity index (χ0) is 14.2. The number of aromatic nitrogens is 4. The molecule has 0 aliphatic heterocycles. The lowest BCUT2D eigenvalue weighted by Crippen LogP contribution is -1.89. The fourth-order valence-electron chi connectivity index (χ4n) is 2.34. The molecule has 3 aromatic heterocycles. The number of aryl methyl sites for hydroxylation is 1. The van der Waals surface area contributed by atoms with Crippen molar-refractivity contribution in [2.75, 3.05) is 0 Å². The van der Waals surface area contributed by atoms with Crippen molar-refractivity contribution in [1.29, 1.82) is 0 Å². The van der Waals surface area contributed by atoms with Gasteiger partial charge in [-0.05, 0) is 42.1 Å². The Bertz CT molecular complexity index is 923. The van der Waals surface area contributed by atoms with E-state index in [0.29, 0.717) is 11.7 Å². The van der Waals surface area contributed by atoms with Gasteiger partial charge in [0.15, 0.2) is 0 Å². The number of nitrogens with one attached hydrogen (secondary N) is 1. The lowest BCUT2D eigenvalue weighted by atomic mass is 10.1. The van der Waals surface area contributed by atoms with Gasteiger partial charge in [0, 0.05) is 23.5 Å². The highest BCUT2D eigenvalue weighted by molar-refractivity contribution is 5.83. The van der Waals surface area contributed by atoms with Gasteiger partial charge in [0.05, 0.1) is 0 Å². The van der Waals surface area contributed by atoms with Crippen molar-refractivity contribution in [3.63, 3.8) is 0 Å². The number of fused-ring (bicyclic) bond motifs is 1. The van der Waals surface area contributed by atoms with Gasteiger partial charge in [-0.15, -0.1) is 0 Å². The molecule has 0 aliphatic rings. The summed E-state index contributed by atoms with van der Waals surface area (Å²) in [5.41, 5.74) is 3.69. The van der Waals surface area contributed by atoms with Gasteiger partial charge in [-0.25, -0.2) is 0 Å². The quantitative estimate of drug-likeness (QED) is 0.607. The van der Waals surface area contributed by atoms with E-state index in [1.165, 1.54) is 0 Å². The summed E-state index contributed by atoms with van der Waals surface area (Å²) in [6.45, 7) is 1.98. The smallest absolute Gasteiger partial charge is 0.258 e. The van der Waals surface area contributed by atoms with Crippen LogP contribution >= 0.6 is 0 Å². The minimum atomic E-state index is 0.492. The van der Waals surface area contributed by atoms with E-state index >= 15 is 0 Å². The summed E-state index contributed by atoms with van der Waals surface area (Å²) in [5.74, 6) is 1.00. The molecule has 5 heteroatoms. The standard InChI is InChI=1S/C16H12N4O/c1-10-3-2-7-18-14(10)15-19-16(21-20-15)12-5-4-11-6-8-17-13(11)9-12/h2-9,17H,1H3. The fraction of sp³-hybridized carbons (Fsp3) is 0.0625. The molecule has 4 aromatic rings. The molecule has 0 fully saturated rings. The molecular weight excluding hydrogens is 264 g/mol. The number of aromatic amines is 1. The zero-order valence-corrected chi connectivity index (χ0v) is 11.4. The van der Waals surface area contributed by atoms with E-state index < -0.39 is 0 Å². The monoisotopic (exact) mass is 276 g/mol. The van der Waals surface area contributed by atoms with Crippen molar-refractivity contribution in [3.8, 4) is 23.0 Å². The Hall–Kier alpha value is -2.95. The summed E-state index contributed by atoms with van der Waals surface area (Å²) >= 11 is 0. The van der Waals surface area contributed by atoms with Crippen LogP contribution in [0.25, 0.3) is 33.9 Å². The summed E-state index contributed by atoms with van der Waals surface area (Å²) in [4.78, 5) is 11.9. The van der Waals surface area contributed by atoms with E-state index in [2.05, 4.69) is 20.1 Å². The van der Waals surface area contributed by atoms with Crippen molar-refractivity contribution < 1.29 is 4.52 Å². The number of H-pyrrole nitrogens is 1. The van der Waals surface area contributed by atoms with Gasteiger partial charge in [-0.3, -0.25) is 4.98 Å². The van der Waals surface area contributed by atoms with Gasteiger partial charge < -0.3 is 9.51 Å². The predicted molar refractivity (Wildman–Crippen MR) is 79.6 cm³/mol. The lowest BCUT2D eigenvalue weighted by Gasteiger charge is -1.97. The summed E-state index contributed by atoms with van der Waals surface area (Å²) in [7, 11) is 0. The SMILES string of the molecule is Cc1cccnc1-c1noc(-c2ccc3cc[nH]c3c2)n1. The molecular formula is C16H12N4O. The van der Waals surface area contributed by atoms with Crippen LogP contribution in [0.5, 0.6) is 0 Å². The average molecular weight is 276 g/mol. The molecule has 1 N–H and O–H groups in total. The van der Waals surface area contributed by atoms with Crippen LogP contribution in [0.2, 0.25) is 0 Å². The van der Waals surface area contributed by atoms with Gasteiger partial charge in [-0.1, -0.05) is 17.3 Å². The Balaban J connectivity index is 1.78. The molecule has 0 aliphatic carbocycles. The van der Waals surface area contributed by atoms with E-state index in [1.807, 2.05) is 49.5 Å². The molecule has 0 saturated heterocycles. The molecule has 0 bridgehead atoms. The highest BCUT2D eigenvalue weighted by Crippen LogP contribution is 2.25. The van der Waals surface area contributed by atoms with Gasteiger partial charge in [-0.2, -0.15) is 4.98 Å². The van der Waals surface area contributed by atoms with Crippen molar-refractivity contribution in [1.82, 2.24) is 20.1 Å². The second kappa shape index (κ2) is 4.56. The number of benzene rings is 1. The summed E-state index contributed by atoms with van der Waals surface area (Å²) in [6, 6.07) is 11.9. The second-order valence-corrected chi connectivity index (χ2v) is 4.87. The topological polar surface area (TPSA) is 67.6 Å². The third-order valence-electron chi connectivity index (χ3n) is 3.45. The first-order valence-corrected chi connectivity index (χ1v) is 6.64. The van der Waals surface area contributed by atoms with Gasteiger partial charge in [0.2, 0.25) is 5.82 Å². The maximum atomic E-state index is 5.37. The van der Waals surface area contributed by atoms with Gasteiger partial charge >= 0.3 is 0 Å².